The fourth-order valence-corrected chi connectivity index (χ4v) is 8.57. The molecule has 1 heterocycles. The normalized spacial score (nSPS) is 20.5. The molecule has 0 bridgehead atoms. The minimum absolute atomic E-state index is 0.0132. The fraction of sp³-hybridized carbons (Fsp3) is 0.628. The van der Waals surface area contributed by atoms with Crippen LogP contribution in [0.4, 0.5) is 0 Å². The molecule has 3 amide bonds. The highest BCUT2D eigenvalue weighted by atomic mass is 32.2. The third-order valence-corrected chi connectivity index (χ3v) is 11.9. The number of rotatable bonds is 18. The van der Waals surface area contributed by atoms with Gasteiger partial charge in [-0.05, 0) is 95.4 Å². The van der Waals surface area contributed by atoms with Crippen LogP contribution in [-0.4, -0.2) is 88.9 Å². The standard InChI is InChI=1S/C43H65N5O6S/c1-28(2)39(44)42(53)45-23-14-8-11-22-38(50)54-37-21-15-20-33(29(37)3)40(51)46-34(27-55-32-18-9-7-10-19-32)36(49)26-48-25-31-17-13-12-16-30(31)24-35(48)41(52)47-43(4,5)6/h7,9-10,15,18-21,28,30-31,34-36,39,49H,8,11-14,16-17,22-27,44H2,1-6H3,(H,45,53)(H,46,51)(H,47,52)/t30-,31+,34-,35-,36+,39-/m0/s1. The lowest BCUT2D eigenvalue weighted by Gasteiger charge is -2.47. The van der Waals surface area contributed by atoms with Gasteiger partial charge < -0.3 is 31.5 Å². The Bertz CT molecular complexity index is 1570. The van der Waals surface area contributed by atoms with Crippen molar-refractivity contribution in [3.05, 3.63) is 59.7 Å². The van der Waals surface area contributed by atoms with Gasteiger partial charge >= 0.3 is 5.97 Å². The Morgan fingerprint density at radius 3 is 2.38 bits per heavy atom. The number of hydrogen-bond acceptors (Lipinski definition) is 9. The Kier molecular flexibility index (Phi) is 17.0. The van der Waals surface area contributed by atoms with Crippen LogP contribution in [-0.2, 0) is 14.4 Å². The molecule has 304 valence electrons. The van der Waals surface area contributed by atoms with E-state index in [-0.39, 0.29) is 48.2 Å². The molecule has 55 heavy (non-hydrogen) atoms. The van der Waals surface area contributed by atoms with Gasteiger partial charge in [-0.1, -0.05) is 63.8 Å². The number of ether oxygens (including phenoxy) is 1. The summed E-state index contributed by atoms with van der Waals surface area (Å²) in [6.45, 7) is 13.0. The minimum atomic E-state index is -0.952. The first-order valence-electron chi connectivity index (χ1n) is 20.2. The molecule has 1 aliphatic carbocycles. The predicted molar refractivity (Wildman–Crippen MR) is 219 cm³/mol. The number of nitrogens with one attached hydrogen (secondary N) is 3. The van der Waals surface area contributed by atoms with Crippen LogP contribution in [0.25, 0.3) is 0 Å². The number of hydrogen-bond donors (Lipinski definition) is 5. The molecule has 11 nitrogen and oxygen atoms in total. The third-order valence-electron chi connectivity index (χ3n) is 10.8. The van der Waals surface area contributed by atoms with Crippen LogP contribution in [0.1, 0.15) is 108 Å². The number of thioether (sulfide) groups is 1. The lowest BCUT2D eigenvalue weighted by molar-refractivity contribution is -0.134. The number of nitrogens with zero attached hydrogens (tertiary/aromatic N) is 1. The number of β-amino-alcohol motifs (C(OH)–C–C–N with tert-alkyl or cyclic N) is 1. The van der Waals surface area contributed by atoms with E-state index in [2.05, 4.69) is 20.9 Å². The van der Waals surface area contributed by atoms with E-state index < -0.39 is 24.2 Å². The van der Waals surface area contributed by atoms with Crippen molar-refractivity contribution in [3.63, 3.8) is 0 Å². The Morgan fingerprint density at radius 2 is 1.69 bits per heavy atom. The quantitative estimate of drug-likeness (QED) is 0.0561. The Labute approximate surface area is 332 Å². The van der Waals surface area contributed by atoms with E-state index in [1.165, 1.54) is 12.8 Å². The van der Waals surface area contributed by atoms with Gasteiger partial charge in [0.05, 0.1) is 24.2 Å². The molecule has 12 heteroatoms. The molecule has 1 saturated carbocycles. The topological polar surface area (TPSA) is 163 Å². The number of unbranched alkanes of at least 4 members (excludes halogenated alkanes) is 2. The van der Waals surface area contributed by atoms with Crippen LogP contribution in [0.5, 0.6) is 5.75 Å². The molecule has 2 aromatic rings. The van der Waals surface area contributed by atoms with E-state index >= 15 is 0 Å². The minimum Gasteiger partial charge on any atom is -0.426 e. The van der Waals surface area contributed by atoms with Gasteiger partial charge in [-0.15, -0.1) is 11.8 Å². The van der Waals surface area contributed by atoms with Crippen molar-refractivity contribution in [2.45, 2.75) is 134 Å². The molecule has 1 saturated heterocycles. The number of carbonyl (C=O) groups excluding carboxylic acids is 4. The van der Waals surface area contributed by atoms with Gasteiger partial charge in [0.1, 0.15) is 5.75 Å². The SMILES string of the molecule is Cc1c(OC(=O)CCCCCNC(=O)[C@@H](N)C(C)C)cccc1C(=O)N[C@@H](CSc1ccccc1)[C@H](O)CN1C[C@H]2CCCC[C@H]2C[C@H]1C(=O)NC(C)(C)C. The third kappa shape index (κ3) is 13.9. The van der Waals surface area contributed by atoms with Crippen LogP contribution < -0.4 is 26.4 Å². The molecule has 0 unspecified atom stereocenters. The van der Waals surface area contributed by atoms with Crippen molar-refractivity contribution >= 4 is 35.5 Å². The number of fused-ring (bicyclic) bond motifs is 1. The van der Waals surface area contributed by atoms with Gasteiger partial charge in [0, 0.05) is 53.4 Å². The van der Waals surface area contributed by atoms with Crippen LogP contribution in [0.2, 0.25) is 0 Å². The number of carbonyl (C=O) groups is 4. The van der Waals surface area contributed by atoms with Gasteiger partial charge in [0.25, 0.3) is 5.91 Å². The van der Waals surface area contributed by atoms with E-state index in [1.54, 1.807) is 36.9 Å². The number of amides is 3. The number of benzene rings is 2. The van der Waals surface area contributed by atoms with Crippen molar-refractivity contribution < 1.29 is 29.0 Å². The Hall–Kier alpha value is -3.45. The van der Waals surface area contributed by atoms with Crippen LogP contribution in [0, 0.1) is 24.7 Å². The van der Waals surface area contributed by atoms with Crippen molar-refractivity contribution in [3.8, 4) is 5.75 Å². The maximum atomic E-state index is 14.0. The largest absolute Gasteiger partial charge is 0.426 e. The number of aliphatic hydroxyl groups is 1. The lowest BCUT2D eigenvalue weighted by Crippen LogP contribution is -2.60. The zero-order valence-electron chi connectivity index (χ0n) is 33.8. The monoisotopic (exact) mass is 779 g/mol. The Morgan fingerprint density at radius 1 is 0.982 bits per heavy atom. The summed E-state index contributed by atoms with van der Waals surface area (Å²) in [6.07, 6.45) is 6.71. The second-order valence-corrected chi connectivity index (χ2v) is 17.9. The summed E-state index contributed by atoms with van der Waals surface area (Å²) in [5, 5.41) is 21.1. The molecule has 2 aliphatic rings. The molecule has 4 rings (SSSR count). The molecule has 1 aliphatic heterocycles. The number of aliphatic hydroxyl groups excluding tert-OH is 1. The van der Waals surface area contributed by atoms with Crippen molar-refractivity contribution in [2.24, 2.45) is 23.5 Å². The summed E-state index contributed by atoms with van der Waals surface area (Å²) in [6, 6.07) is 13.4. The van der Waals surface area contributed by atoms with Gasteiger partial charge in [-0.25, -0.2) is 0 Å². The van der Waals surface area contributed by atoms with Crippen molar-refractivity contribution in [2.75, 3.05) is 25.4 Å². The van der Waals surface area contributed by atoms with Gasteiger partial charge in [-0.3, -0.25) is 24.1 Å². The maximum absolute atomic E-state index is 14.0. The molecule has 2 fully saturated rings. The van der Waals surface area contributed by atoms with Gasteiger partial charge in [0.15, 0.2) is 0 Å². The van der Waals surface area contributed by atoms with E-state index in [0.717, 1.165) is 43.5 Å². The molecule has 2 aromatic carbocycles. The van der Waals surface area contributed by atoms with E-state index in [0.29, 0.717) is 47.4 Å². The first kappa shape index (κ1) is 44.3. The molecule has 0 aromatic heterocycles. The maximum Gasteiger partial charge on any atom is 0.311 e. The number of likely N-dealkylation sites (tertiary alicyclic amines) is 1. The summed E-state index contributed by atoms with van der Waals surface area (Å²) in [4.78, 5) is 55.6. The second-order valence-electron chi connectivity index (χ2n) is 16.8. The summed E-state index contributed by atoms with van der Waals surface area (Å²) in [7, 11) is 0. The molecular formula is C43H65N5O6S. The van der Waals surface area contributed by atoms with Gasteiger partial charge in [0.2, 0.25) is 11.8 Å². The molecule has 0 radical (unpaired) electrons. The first-order valence-corrected chi connectivity index (χ1v) is 21.2. The lowest BCUT2D eigenvalue weighted by atomic mass is 9.72. The van der Waals surface area contributed by atoms with Crippen molar-refractivity contribution in [1.29, 1.82) is 0 Å². The van der Waals surface area contributed by atoms with Gasteiger partial charge in [-0.2, -0.15) is 0 Å². The smallest absolute Gasteiger partial charge is 0.311 e. The summed E-state index contributed by atoms with van der Waals surface area (Å²) in [5.74, 6) is 0.820. The molecule has 6 atom stereocenters. The average Bonchev–Trinajstić information content (AvgIpc) is 3.14. The second kappa shape index (κ2) is 21.2. The zero-order valence-corrected chi connectivity index (χ0v) is 34.6. The van der Waals surface area contributed by atoms with Crippen molar-refractivity contribution in [1.82, 2.24) is 20.9 Å². The summed E-state index contributed by atoms with van der Waals surface area (Å²) >= 11 is 1.55. The first-order chi connectivity index (χ1) is 26.1. The summed E-state index contributed by atoms with van der Waals surface area (Å²) < 4.78 is 5.71. The molecule has 0 spiro atoms. The van der Waals surface area contributed by atoms with Crippen LogP contribution in [0.15, 0.2) is 53.4 Å². The highest BCUT2D eigenvalue weighted by Crippen LogP contribution is 2.39. The predicted octanol–water partition coefficient (Wildman–Crippen LogP) is 5.61. The van der Waals surface area contributed by atoms with Crippen LogP contribution >= 0.6 is 11.8 Å². The highest BCUT2D eigenvalue weighted by molar-refractivity contribution is 7.99. The summed E-state index contributed by atoms with van der Waals surface area (Å²) in [5.41, 5.74) is 6.39. The zero-order chi connectivity index (χ0) is 40.1. The Balaban J connectivity index is 1.41. The number of esters is 1. The number of nitrogens with two attached hydrogens (primary N) is 1. The fourth-order valence-electron chi connectivity index (χ4n) is 7.54. The van der Waals surface area contributed by atoms with Crippen LogP contribution in [0.3, 0.4) is 0 Å². The average molecular weight is 780 g/mol. The molecule has 6 N–H and O–H groups in total. The van der Waals surface area contributed by atoms with E-state index in [4.69, 9.17) is 10.5 Å². The molecular weight excluding hydrogens is 715 g/mol. The highest BCUT2D eigenvalue weighted by Gasteiger charge is 2.42. The number of piperidine rings is 1. The van der Waals surface area contributed by atoms with E-state index in [9.17, 15) is 24.3 Å². The van der Waals surface area contributed by atoms with E-state index in [1.807, 2.05) is 65.0 Å².